The summed E-state index contributed by atoms with van der Waals surface area (Å²) in [6, 6.07) is 0.611. The van der Waals surface area contributed by atoms with Crippen LogP contribution in [-0.4, -0.2) is 49.7 Å². The van der Waals surface area contributed by atoms with Gasteiger partial charge in [0.05, 0.1) is 32.2 Å². The highest BCUT2D eigenvalue weighted by molar-refractivity contribution is 5.88. The number of likely N-dealkylation sites (N-methyl/N-ethyl adjacent to an activating group) is 1. The van der Waals surface area contributed by atoms with Gasteiger partial charge in [0.1, 0.15) is 18.9 Å². The summed E-state index contributed by atoms with van der Waals surface area (Å²) in [5.74, 6) is 1.38. The number of carbonyl (C=O) groups is 1. The second-order valence-corrected chi connectivity index (χ2v) is 5.63. The van der Waals surface area contributed by atoms with Gasteiger partial charge in [0.25, 0.3) is 0 Å². The highest BCUT2D eigenvalue weighted by atomic mass is 16.5. The lowest BCUT2D eigenvalue weighted by molar-refractivity contribution is -0.942. The first-order valence-corrected chi connectivity index (χ1v) is 6.16. The zero-order chi connectivity index (χ0) is 10.5. The Hall–Kier alpha value is -0.410. The number of ketones is 1. The van der Waals surface area contributed by atoms with Gasteiger partial charge in [0.2, 0.25) is 0 Å². The van der Waals surface area contributed by atoms with E-state index in [4.69, 9.17) is 4.74 Å². The molecular formula is C12H20NO2+. The van der Waals surface area contributed by atoms with Crippen molar-refractivity contribution in [2.45, 2.75) is 25.3 Å². The predicted molar refractivity (Wildman–Crippen MR) is 56.4 cm³/mol. The van der Waals surface area contributed by atoms with Crippen LogP contribution in [0, 0.1) is 11.8 Å². The van der Waals surface area contributed by atoms with E-state index >= 15 is 0 Å². The Kier molecular flexibility index (Phi) is 2.15. The van der Waals surface area contributed by atoms with E-state index in [1.807, 2.05) is 0 Å². The molecule has 3 heteroatoms. The minimum absolute atomic E-state index is 0.387. The number of fused-ring (bicyclic) bond motifs is 2. The molecule has 0 amide bonds. The quantitative estimate of drug-likeness (QED) is 0.599. The summed E-state index contributed by atoms with van der Waals surface area (Å²) in [6.45, 7) is 3.94. The number of quaternary nitrogens is 1. The monoisotopic (exact) mass is 210 g/mol. The van der Waals surface area contributed by atoms with Gasteiger partial charge >= 0.3 is 0 Å². The third-order valence-corrected chi connectivity index (χ3v) is 4.88. The zero-order valence-corrected chi connectivity index (χ0v) is 9.45. The average Bonchev–Trinajstić information content (AvgIpc) is 2.76. The molecule has 0 radical (unpaired) electrons. The Morgan fingerprint density at radius 3 is 2.53 bits per heavy atom. The van der Waals surface area contributed by atoms with Crippen molar-refractivity contribution < 1.29 is 14.0 Å². The summed E-state index contributed by atoms with van der Waals surface area (Å²) in [5.41, 5.74) is 0. The van der Waals surface area contributed by atoms with E-state index in [0.717, 1.165) is 50.0 Å². The van der Waals surface area contributed by atoms with Crippen LogP contribution in [0.4, 0.5) is 0 Å². The lowest BCUT2D eigenvalue weighted by Crippen LogP contribution is -2.59. The highest BCUT2D eigenvalue weighted by Crippen LogP contribution is 2.45. The molecule has 1 aliphatic heterocycles. The zero-order valence-electron chi connectivity index (χ0n) is 9.45. The molecule has 0 spiro atoms. The SMILES string of the molecule is C[N+]1(C2CC3CCC2C3=O)CCOCC1. The number of rotatable bonds is 1. The molecule has 0 N–H and O–H groups in total. The molecule has 3 fully saturated rings. The second kappa shape index (κ2) is 3.29. The molecule has 0 aromatic rings. The van der Waals surface area contributed by atoms with Crippen LogP contribution >= 0.6 is 0 Å². The molecule has 0 aromatic carbocycles. The van der Waals surface area contributed by atoms with E-state index in [-0.39, 0.29) is 0 Å². The van der Waals surface area contributed by atoms with Gasteiger partial charge in [0, 0.05) is 12.3 Å². The van der Waals surface area contributed by atoms with Gasteiger partial charge in [-0.05, 0) is 12.8 Å². The fourth-order valence-electron chi connectivity index (χ4n) is 3.82. The summed E-state index contributed by atoms with van der Waals surface area (Å²) >= 11 is 0. The second-order valence-electron chi connectivity index (χ2n) is 5.63. The van der Waals surface area contributed by atoms with Gasteiger partial charge < -0.3 is 9.22 Å². The van der Waals surface area contributed by atoms with Gasteiger partial charge in [-0.1, -0.05) is 0 Å². The van der Waals surface area contributed by atoms with E-state index in [0.29, 0.717) is 23.7 Å². The maximum atomic E-state index is 11.9. The largest absolute Gasteiger partial charge is 0.370 e. The first-order chi connectivity index (χ1) is 7.21. The number of carbonyl (C=O) groups excluding carboxylic acids is 1. The lowest BCUT2D eigenvalue weighted by atomic mass is 9.92. The third-order valence-electron chi connectivity index (χ3n) is 4.88. The van der Waals surface area contributed by atoms with Crippen LogP contribution in [0.5, 0.6) is 0 Å². The maximum absolute atomic E-state index is 11.9. The molecule has 3 unspecified atom stereocenters. The van der Waals surface area contributed by atoms with E-state index in [2.05, 4.69) is 7.05 Å². The van der Waals surface area contributed by atoms with Crippen LogP contribution in [0.2, 0.25) is 0 Å². The molecular weight excluding hydrogens is 190 g/mol. The number of Topliss-reactive ketones (excluding diaryl/α,β-unsaturated/α-hetero) is 1. The predicted octanol–water partition coefficient (Wildman–Crippen LogP) is 0.831. The van der Waals surface area contributed by atoms with E-state index in [1.54, 1.807) is 0 Å². The summed E-state index contributed by atoms with van der Waals surface area (Å²) < 4.78 is 6.52. The van der Waals surface area contributed by atoms with Crippen LogP contribution in [-0.2, 0) is 9.53 Å². The Labute approximate surface area is 91.0 Å². The topological polar surface area (TPSA) is 26.3 Å². The molecule has 1 saturated heterocycles. The fraction of sp³-hybridized carbons (Fsp3) is 0.917. The molecule has 3 nitrogen and oxygen atoms in total. The van der Waals surface area contributed by atoms with Crippen molar-refractivity contribution >= 4 is 5.78 Å². The molecule has 3 rings (SSSR count). The van der Waals surface area contributed by atoms with Crippen molar-refractivity contribution in [3.8, 4) is 0 Å². The molecule has 3 atom stereocenters. The van der Waals surface area contributed by atoms with E-state index < -0.39 is 0 Å². The van der Waals surface area contributed by atoms with Crippen LogP contribution in [0.3, 0.4) is 0 Å². The van der Waals surface area contributed by atoms with Crippen molar-refractivity contribution in [1.82, 2.24) is 0 Å². The van der Waals surface area contributed by atoms with Gasteiger partial charge in [-0.2, -0.15) is 0 Å². The first-order valence-electron chi connectivity index (χ1n) is 6.16. The van der Waals surface area contributed by atoms with Gasteiger partial charge in [-0.25, -0.2) is 0 Å². The maximum Gasteiger partial charge on any atom is 0.145 e. The summed E-state index contributed by atoms with van der Waals surface area (Å²) in [6.07, 6.45) is 3.47. The smallest absolute Gasteiger partial charge is 0.145 e. The normalized spacial score (nSPS) is 43.5. The fourth-order valence-corrected chi connectivity index (χ4v) is 3.82. The Morgan fingerprint density at radius 2 is 2.00 bits per heavy atom. The number of hydrogen-bond acceptors (Lipinski definition) is 2. The van der Waals surface area contributed by atoms with Crippen LogP contribution in [0.25, 0.3) is 0 Å². The minimum Gasteiger partial charge on any atom is -0.370 e. The number of ether oxygens (including phenoxy) is 1. The summed E-state index contributed by atoms with van der Waals surface area (Å²) in [5, 5.41) is 0. The van der Waals surface area contributed by atoms with Crippen LogP contribution < -0.4 is 0 Å². The first kappa shape index (κ1) is 9.79. The number of morpholine rings is 1. The Morgan fingerprint density at radius 1 is 1.27 bits per heavy atom. The van der Waals surface area contributed by atoms with Crippen molar-refractivity contribution in [2.24, 2.45) is 11.8 Å². The van der Waals surface area contributed by atoms with Crippen molar-refractivity contribution in [3.63, 3.8) is 0 Å². The van der Waals surface area contributed by atoms with Crippen molar-refractivity contribution in [2.75, 3.05) is 33.4 Å². The van der Waals surface area contributed by atoms with Crippen LogP contribution in [0.15, 0.2) is 0 Å². The average molecular weight is 210 g/mol. The number of nitrogens with zero attached hydrogens (tertiary/aromatic N) is 1. The molecule has 3 aliphatic rings. The van der Waals surface area contributed by atoms with Gasteiger partial charge in [-0.15, -0.1) is 0 Å². The van der Waals surface area contributed by atoms with Crippen molar-refractivity contribution in [1.29, 1.82) is 0 Å². The number of hydrogen-bond donors (Lipinski definition) is 0. The summed E-state index contributed by atoms with van der Waals surface area (Å²) in [4.78, 5) is 11.9. The standard InChI is InChI=1S/C12H20NO2/c1-13(4-6-15-7-5-13)11-8-9-2-3-10(11)12(9)14/h9-11H,2-8H2,1H3/q+1. The molecule has 2 saturated carbocycles. The van der Waals surface area contributed by atoms with E-state index in [1.165, 1.54) is 0 Å². The Bertz CT molecular complexity index is 283. The third kappa shape index (κ3) is 1.36. The van der Waals surface area contributed by atoms with Gasteiger partial charge in [-0.3, -0.25) is 4.79 Å². The highest BCUT2D eigenvalue weighted by Gasteiger charge is 2.54. The Balaban J connectivity index is 1.80. The molecule has 2 bridgehead atoms. The van der Waals surface area contributed by atoms with Crippen molar-refractivity contribution in [3.05, 3.63) is 0 Å². The molecule has 1 heterocycles. The molecule has 15 heavy (non-hydrogen) atoms. The molecule has 0 aromatic heterocycles. The summed E-state index contributed by atoms with van der Waals surface area (Å²) in [7, 11) is 2.32. The lowest BCUT2D eigenvalue weighted by Gasteiger charge is -2.45. The molecule has 84 valence electrons. The minimum atomic E-state index is 0.387. The van der Waals surface area contributed by atoms with Gasteiger partial charge in [0.15, 0.2) is 0 Å². The van der Waals surface area contributed by atoms with E-state index in [9.17, 15) is 4.79 Å². The molecule has 2 aliphatic carbocycles. The van der Waals surface area contributed by atoms with Crippen LogP contribution in [0.1, 0.15) is 19.3 Å².